The number of rotatable bonds is 4. The van der Waals surface area contributed by atoms with Crippen molar-refractivity contribution >= 4 is 11.6 Å². The fourth-order valence-electron chi connectivity index (χ4n) is 1.61. The first-order valence-corrected chi connectivity index (χ1v) is 6.32. The third-order valence-corrected chi connectivity index (χ3v) is 3.27. The summed E-state index contributed by atoms with van der Waals surface area (Å²) in [6, 6.07) is 5.70. The van der Waals surface area contributed by atoms with Crippen molar-refractivity contribution in [2.75, 3.05) is 0 Å². The van der Waals surface area contributed by atoms with Gasteiger partial charge in [0.2, 0.25) is 0 Å². The molecule has 2 N–H and O–H groups in total. The Hall–Kier alpha value is -1.39. The second-order valence-corrected chi connectivity index (χ2v) is 4.76. The number of aromatic nitrogens is 2. The van der Waals surface area contributed by atoms with Crippen molar-refractivity contribution in [3.8, 4) is 11.5 Å². The van der Waals surface area contributed by atoms with Gasteiger partial charge in [0.15, 0.2) is 5.82 Å². The molecule has 0 amide bonds. The van der Waals surface area contributed by atoms with Crippen LogP contribution in [0.15, 0.2) is 22.7 Å². The van der Waals surface area contributed by atoms with Crippen LogP contribution >= 0.6 is 11.6 Å². The topological polar surface area (TPSA) is 64.9 Å². The molecule has 0 fully saturated rings. The van der Waals surface area contributed by atoms with E-state index in [0.717, 1.165) is 22.6 Å². The molecule has 1 atom stereocenters. The number of hydrogen-bond acceptors (Lipinski definition) is 4. The summed E-state index contributed by atoms with van der Waals surface area (Å²) >= 11 is 5.98. The quantitative estimate of drug-likeness (QED) is 0.923. The fourth-order valence-corrected chi connectivity index (χ4v) is 1.73. The first-order chi connectivity index (χ1) is 8.60. The van der Waals surface area contributed by atoms with Crippen molar-refractivity contribution in [1.29, 1.82) is 0 Å². The molecule has 96 valence electrons. The van der Waals surface area contributed by atoms with E-state index in [1.807, 2.05) is 32.0 Å². The van der Waals surface area contributed by atoms with Crippen LogP contribution in [0.25, 0.3) is 11.5 Å². The Morgan fingerprint density at radius 1 is 1.44 bits per heavy atom. The summed E-state index contributed by atoms with van der Waals surface area (Å²) in [6.45, 7) is 3.98. The van der Waals surface area contributed by atoms with Crippen molar-refractivity contribution in [1.82, 2.24) is 10.1 Å². The summed E-state index contributed by atoms with van der Waals surface area (Å²) in [6.07, 6.45) is 1.52. The van der Waals surface area contributed by atoms with Crippen LogP contribution in [0, 0.1) is 6.92 Å². The van der Waals surface area contributed by atoms with Gasteiger partial charge in [0, 0.05) is 23.0 Å². The number of halogens is 1. The van der Waals surface area contributed by atoms with Crippen LogP contribution in [0.4, 0.5) is 0 Å². The van der Waals surface area contributed by atoms with E-state index < -0.39 is 0 Å². The molecule has 0 spiro atoms. The molecule has 0 aliphatic heterocycles. The number of benzene rings is 1. The maximum absolute atomic E-state index is 5.98. The predicted octanol–water partition coefficient (Wildman–Crippen LogP) is 2.98. The Kier molecular flexibility index (Phi) is 3.99. The van der Waals surface area contributed by atoms with E-state index in [4.69, 9.17) is 21.9 Å². The summed E-state index contributed by atoms with van der Waals surface area (Å²) in [7, 11) is 0. The standard InChI is InChI=1S/C13H16ClN3O/c1-3-10(15)7-12-16-13(18-17-12)9-4-5-11(14)8(2)6-9/h4-6,10H,3,7,15H2,1-2H3. The lowest BCUT2D eigenvalue weighted by molar-refractivity contribution is 0.419. The van der Waals surface area contributed by atoms with Crippen LogP contribution < -0.4 is 5.73 Å². The van der Waals surface area contributed by atoms with Gasteiger partial charge in [-0.3, -0.25) is 0 Å². The van der Waals surface area contributed by atoms with Crippen LogP contribution in [-0.2, 0) is 6.42 Å². The maximum Gasteiger partial charge on any atom is 0.257 e. The van der Waals surface area contributed by atoms with E-state index in [1.54, 1.807) is 0 Å². The predicted molar refractivity (Wildman–Crippen MR) is 71.5 cm³/mol. The molecule has 0 radical (unpaired) electrons. The highest BCUT2D eigenvalue weighted by Crippen LogP contribution is 2.23. The molecule has 1 unspecified atom stereocenters. The Bertz CT molecular complexity index is 539. The summed E-state index contributed by atoms with van der Waals surface area (Å²) in [5, 5.41) is 4.66. The number of hydrogen-bond donors (Lipinski definition) is 1. The molecule has 0 saturated heterocycles. The Labute approximate surface area is 111 Å². The van der Waals surface area contributed by atoms with Crippen molar-refractivity contribution in [2.24, 2.45) is 5.73 Å². The van der Waals surface area contributed by atoms with Gasteiger partial charge in [-0.2, -0.15) is 4.98 Å². The smallest absolute Gasteiger partial charge is 0.257 e. The van der Waals surface area contributed by atoms with Crippen LogP contribution in [0.3, 0.4) is 0 Å². The second kappa shape index (κ2) is 5.50. The lowest BCUT2D eigenvalue weighted by Gasteiger charge is -2.02. The van der Waals surface area contributed by atoms with Gasteiger partial charge >= 0.3 is 0 Å². The number of nitrogens with zero attached hydrogens (tertiary/aromatic N) is 2. The van der Waals surface area contributed by atoms with E-state index in [1.165, 1.54) is 0 Å². The molecule has 18 heavy (non-hydrogen) atoms. The van der Waals surface area contributed by atoms with Gasteiger partial charge in [0.1, 0.15) is 0 Å². The highest BCUT2D eigenvalue weighted by atomic mass is 35.5. The molecule has 1 aromatic heterocycles. The van der Waals surface area contributed by atoms with Crippen LogP contribution in [-0.4, -0.2) is 16.2 Å². The molecule has 1 heterocycles. The Morgan fingerprint density at radius 2 is 2.22 bits per heavy atom. The zero-order valence-electron chi connectivity index (χ0n) is 10.5. The Balaban J connectivity index is 2.21. The highest BCUT2D eigenvalue weighted by molar-refractivity contribution is 6.31. The van der Waals surface area contributed by atoms with Crippen molar-refractivity contribution in [3.05, 3.63) is 34.6 Å². The van der Waals surface area contributed by atoms with Crippen LogP contribution in [0.1, 0.15) is 24.7 Å². The molecular formula is C13H16ClN3O. The Morgan fingerprint density at radius 3 is 2.89 bits per heavy atom. The van der Waals surface area contributed by atoms with Gasteiger partial charge in [-0.25, -0.2) is 0 Å². The van der Waals surface area contributed by atoms with Crippen LogP contribution in [0.2, 0.25) is 5.02 Å². The first kappa shape index (κ1) is 13.1. The first-order valence-electron chi connectivity index (χ1n) is 5.95. The summed E-state index contributed by atoms with van der Waals surface area (Å²) in [5.74, 6) is 1.15. The second-order valence-electron chi connectivity index (χ2n) is 4.35. The van der Waals surface area contributed by atoms with Gasteiger partial charge in [0.05, 0.1) is 0 Å². The SMILES string of the molecule is CCC(N)Cc1noc(-c2ccc(Cl)c(C)c2)n1. The molecular weight excluding hydrogens is 250 g/mol. The monoisotopic (exact) mass is 265 g/mol. The molecule has 2 aromatic rings. The van der Waals surface area contributed by atoms with Crippen LogP contribution in [0.5, 0.6) is 0 Å². The fraction of sp³-hybridized carbons (Fsp3) is 0.385. The number of nitrogens with two attached hydrogens (primary N) is 1. The van der Waals surface area contributed by atoms with E-state index in [0.29, 0.717) is 18.1 Å². The molecule has 0 aliphatic rings. The summed E-state index contributed by atoms with van der Waals surface area (Å²) in [4.78, 5) is 4.34. The minimum absolute atomic E-state index is 0.0717. The van der Waals surface area contributed by atoms with Crippen molar-refractivity contribution < 1.29 is 4.52 Å². The molecule has 4 nitrogen and oxygen atoms in total. The van der Waals surface area contributed by atoms with E-state index in [-0.39, 0.29) is 6.04 Å². The third-order valence-electron chi connectivity index (χ3n) is 2.84. The summed E-state index contributed by atoms with van der Waals surface area (Å²) < 4.78 is 5.23. The van der Waals surface area contributed by atoms with Crippen molar-refractivity contribution in [2.45, 2.75) is 32.7 Å². The van der Waals surface area contributed by atoms with Gasteiger partial charge in [0.25, 0.3) is 5.89 Å². The normalized spacial score (nSPS) is 12.7. The van der Waals surface area contributed by atoms with Gasteiger partial charge in [-0.05, 0) is 37.1 Å². The van der Waals surface area contributed by atoms with Gasteiger partial charge < -0.3 is 10.3 Å². The zero-order chi connectivity index (χ0) is 13.1. The summed E-state index contributed by atoms with van der Waals surface area (Å²) in [5.41, 5.74) is 7.72. The van der Waals surface area contributed by atoms with E-state index >= 15 is 0 Å². The molecule has 2 rings (SSSR count). The maximum atomic E-state index is 5.98. The molecule has 0 saturated carbocycles. The highest BCUT2D eigenvalue weighted by Gasteiger charge is 2.11. The average Bonchev–Trinajstić information content (AvgIpc) is 2.81. The lowest BCUT2D eigenvalue weighted by atomic mass is 10.1. The van der Waals surface area contributed by atoms with Gasteiger partial charge in [-0.1, -0.05) is 23.7 Å². The average molecular weight is 266 g/mol. The van der Waals surface area contributed by atoms with E-state index in [9.17, 15) is 0 Å². The minimum atomic E-state index is 0.0717. The number of aryl methyl sites for hydroxylation is 1. The minimum Gasteiger partial charge on any atom is -0.334 e. The lowest BCUT2D eigenvalue weighted by Crippen LogP contribution is -2.21. The van der Waals surface area contributed by atoms with Crippen molar-refractivity contribution in [3.63, 3.8) is 0 Å². The molecule has 0 bridgehead atoms. The van der Waals surface area contributed by atoms with E-state index in [2.05, 4.69) is 10.1 Å². The molecule has 1 aromatic carbocycles. The van der Waals surface area contributed by atoms with Gasteiger partial charge in [-0.15, -0.1) is 0 Å². The third kappa shape index (κ3) is 2.89. The largest absolute Gasteiger partial charge is 0.334 e. The molecule has 0 aliphatic carbocycles. The zero-order valence-corrected chi connectivity index (χ0v) is 11.2. The molecule has 5 heteroatoms.